The van der Waals surface area contributed by atoms with Gasteiger partial charge < -0.3 is 15.0 Å². The average molecular weight is 339 g/mol. The van der Waals surface area contributed by atoms with E-state index in [0.29, 0.717) is 34.9 Å². The number of nitrogens with one attached hydrogen (secondary N) is 1. The summed E-state index contributed by atoms with van der Waals surface area (Å²) in [6.07, 6.45) is 0. The second-order valence-electron chi connectivity index (χ2n) is 5.04. The molecule has 0 saturated carbocycles. The fourth-order valence-corrected chi connectivity index (χ4v) is 2.61. The van der Waals surface area contributed by atoms with Gasteiger partial charge >= 0.3 is 0 Å². The molecule has 1 N–H and O–H groups in total. The van der Waals surface area contributed by atoms with Crippen LogP contribution < -0.4 is 10.2 Å². The molecule has 3 rings (SSSR count). The van der Waals surface area contributed by atoms with Gasteiger partial charge in [-0.3, -0.25) is 0 Å². The predicted molar refractivity (Wildman–Crippen MR) is 89.5 cm³/mol. The quantitative estimate of drug-likeness (QED) is 0.925. The van der Waals surface area contributed by atoms with Crippen LogP contribution in [0.4, 0.5) is 17.5 Å². The number of hydrogen-bond donors (Lipinski definition) is 1. The average Bonchev–Trinajstić information content (AvgIpc) is 2.51. The van der Waals surface area contributed by atoms with Crippen molar-refractivity contribution >= 4 is 40.7 Å². The van der Waals surface area contributed by atoms with E-state index in [0.717, 1.165) is 24.6 Å². The zero-order valence-corrected chi connectivity index (χ0v) is 13.7. The molecule has 1 aliphatic rings. The van der Waals surface area contributed by atoms with Gasteiger partial charge in [0.25, 0.3) is 0 Å². The van der Waals surface area contributed by atoms with Crippen LogP contribution in [0.15, 0.2) is 24.3 Å². The molecule has 22 heavy (non-hydrogen) atoms. The summed E-state index contributed by atoms with van der Waals surface area (Å²) >= 11 is 12.2. The molecule has 0 bridgehead atoms. The molecule has 5 nitrogen and oxygen atoms in total. The van der Waals surface area contributed by atoms with Gasteiger partial charge in [-0.1, -0.05) is 23.2 Å². The summed E-state index contributed by atoms with van der Waals surface area (Å²) < 4.78 is 5.37. The summed E-state index contributed by atoms with van der Waals surface area (Å²) in [6.45, 7) is 5.02. The number of anilines is 3. The Labute approximate surface area is 139 Å². The van der Waals surface area contributed by atoms with E-state index in [9.17, 15) is 0 Å². The standard InChI is InChI=1S/C15H16Cl2N4O/c1-10-8-14(21-4-6-22-7-5-21)20-15(18-10)19-13-9-11(16)2-3-12(13)17/h2-3,8-9H,4-7H2,1H3,(H,18,19,20). The smallest absolute Gasteiger partial charge is 0.229 e. The summed E-state index contributed by atoms with van der Waals surface area (Å²) in [7, 11) is 0. The number of hydrogen-bond acceptors (Lipinski definition) is 5. The van der Waals surface area contributed by atoms with Crippen molar-refractivity contribution in [3.05, 3.63) is 40.0 Å². The second kappa shape index (κ2) is 6.69. The van der Waals surface area contributed by atoms with Crippen LogP contribution in [0.1, 0.15) is 5.69 Å². The summed E-state index contributed by atoms with van der Waals surface area (Å²) in [6, 6.07) is 7.20. The van der Waals surface area contributed by atoms with Crippen molar-refractivity contribution in [3.63, 3.8) is 0 Å². The highest BCUT2D eigenvalue weighted by Gasteiger charge is 2.14. The Bertz CT molecular complexity index is 675. The normalized spacial score (nSPS) is 15.0. The molecule has 1 aromatic carbocycles. The number of morpholine rings is 1. The van der Waals surface area contributed by atoms with E-state index in [2.05, 4.69) is 20.2 Å². The van der Waals surface area contributed by atoms with Crippen LogP contribution in [-0.4, -0.2) is 36.3 Å². The topological polar surface area (TPSA) is 50.3 Å². The third-order valence-corrected chi connectivity index (χ3v) is 3.92. The van der Waals surface area contributed by atoms with Crippen LogP contribution >= 0.6 is 23.2 Å². The number of ether oxygens (including phenoxy) is 1. The Morgan fingerprint density at radius 2 is 1.91 bits per heavy atom. The van der Waals surface area contributed by atoms with Crippen LogP contribution in [0.5, 0.6) is 0 Å². The lowest BCUT2D eigenvalue weighted by atomic mass is 10.3. The van der Waals surface area contributed by atoms with E-state index in [1.165, 1.54) is 0 Å². The van der Waals surface area contributed by atoms with Gasteiger partial charge in [0.05, 0.1) is 23.9 Å². The minimum absolute atomic E-state index is 0.505. The SMILES string of the molecule is Cc1cc(N2CCOCC2)nc(Nc2cc(Cl)ccc2Cl)n1. The highest BCUT2D eigenvalue weighted by Crippen LogP contribution is 2.28. The fraction of sp³-hybridized carbons (Fsp3) is 0.333. The first-order valence-electron chi connectivity index (χ1n) is 7.02. The van der Waals surface area contributed by atoms with Gasteiger partial charge in [0.2, 0.25) is 5.95 Å². The molecular formula is C15H16Cl2N4O. The molecular weight excluding hydrogens is 323 g/mol. The van der Waals surface area contributed by atoms with Gasteiger partial charge in [-0.05, 0) is 25.1 Å². The second-order valence-corrected chi connectivity index (χ2v) is 5.88. The molecule has 1 saturated heterocycles. The largest absolute Gasteiger partial charge is 0.378 e. The van der Waals surface area contributed by atoms with E-state index < -0.39 is 0 Å². The zero-order chi connectivity index (χ0) is 15.5. The lowest BCUT2D eigenvalue weighted by Gasteiger charge is -2.28. The molecule has 0 amide bonds. The van der Waals surface area contributed by atoms with Crippen molar-refractivity contribution in [2.75, 3.05) is 36.5 Å². The third-order valence-electron chi connectivity index (χ3n) is 3.35. The minimum Gasteiger partial charge on any atom is -0.378 e. The van der Waals surface area contributed by atoms with Crippen LogP contribution in [0.2, 0.25) is 10.0 Å². The van der Waals surface area contributed by atoms with E-state index in [4.69, 9.17) is 27.9 Å². The molecule has 0 unspecified atom stereocenters. The van der Waals surface area contributed by atoms with Crippen LogP contribution in [0.25, 0.3) is 0 Å². The molecule has 7 heteroatoms. The molecule has 2 aromatic rings. The number of halogens is 2. The maximum Gasteiger partial charge on any atom is 0.229 e. The van der Waals surface area contributed by atoms with Gasteiger partial charge in [0.15, 0.2) is 0 Å². The Hall–Kier alpha value is -1.56. The molecule has 0 radical (unpaired) electrons. The number of benzene rings is 1. The Morgan fingerprint density at radius 3 is 2.68 bits per heavy atom. The maximum atomic E-state index is 6.17. The van der Waals surface area contributed by atoms with Crippen LogP contribution in [0.3, 0.4) is 0 Å². The number of aromatic nitrogens is 2. The van der Waals surface area contributed by atoms with Crippen molar-refractivity contribution in [1.29, 1.82) is 0 Å². The van der Waals surface area contributed by atoms with Gasteiger partial charge in [0.1, 0.15) is 5.82 Å². The molecule has 0 atom stereocenters. The van der Waals surface area contributed by atoms with Crippen molar-refractivity contribution in [2.24, 2.45) is 0 Å². The zero-order valence-electron chi connectivity index (χ0n) is 12.1. The van der Waals surface area contributed by atoms with E-state index in [1.54, 1.807) is 18.2 Å². The highest BCUT2D eigenvalue weighted by molar-refractivity contribution is 6.35. The van der Waals surface area contributed by atoms with Crippen molar-refractivity contribution < 1.29 is 4.74 Å². The van der Waals surface area contributed by atoms with E-state index in [1.807, 2.05) is 13.0 Å². The minimum atomic E-state index is 0.505. The number of nitrogens with zero attached hydrogens (tertiary/aromatic N) is 3. The summed E-state index contributed by atoms with van der Waals surface area (Å²) in [5, 5.41) is 4.31. The highest BCUT2D eigenvalue weighted by atomic mass is 35.5. The van der Waals surface area contributed by atoms with Crippen LogP contribution in [-0.2, 0) is 4.74 Å². The third kappa shape index (κ3) is 3.61. The number of aryl methyl sites for hydroxylation is 1. The van der Waals surface area contributed by atoms with E-state index in [-0.39, 0.29) is 0 Å². The molecule has 1 aromatic heterocycles. The van der Waals surface area contributed by atoms with Gasteiger partial charge in [0, 0.05) is 29.9 Å². The monoisotopic (exact) mass is 338 g/mol. The Morgan fingerprint density at radius 1 is 1.14 bits per heavy atom. The maximum absolute atomic E-state index is 6.17. The first kappa shape index (κ1) is 15.3. The van der Waals surface area contributed by atoms with E-state index >= 15 is 0 Å². The van der Waals surface area contributed by atoms with Crippen molar-refractivity contribution in [2.45, 2.75) is 6.92 Å². The molecule has 0 aliphatic carbocycles. The lowest BCUT2D eigenvalue weighted by Crippen LogP contribution is -2.36. The Kier molecular flexibility index (Phi) is 4.66. The van der Waals surface area contributed by atoms with Crippen LogP contribution in [0, 0.1) is 6.92 Å². The molecule has 2 heterocycles. The molecule has 1 aliphatic heterocycles. The Balaban J connectivity index is 1.87. The van der Waals surface area contributed by atoms with Gasteiger partial charge in [-0.2, -0.15) is 4.98 Å². The van der Waals surface area contributed by atoms with Gasteiger partial charge in [-0.15, -0.1) is 0 Å². The fourth-order valence-electron chi connectivity index (χ4n) is 2.28. The molecule has 116 valence electrons. The summed E-state index contributed by atoms with van der Waals surface area (Å²) in [5.74, 6) is 1.39. The van der Waals surface area contributed by atoms with Crippen molar-refractivity contribution in [3.8, 4) is 0 Å². The molecule has 1 fully saturated rings. The predicted octanol–water partition coefficient (Wildman–Crippen LogP) is 3.67. The first-order chi connectivity index (χ1) is 10.6. The van der Waals surface area contributed by atoms with Crippen molar-refractivity contribution in [1.82, 2.24) is 9.97 Å². The number of rotatable bonds is 3. The summed E-state index contributed by atoms with van der Waals surface area (Å²) in [5.41, 5.74) is 1.57. The lowest BCUT2D eigenvalue weighted by molar-refractivity contribution is 0.122. The molecule has 0 spiro atoms. The summed E-state index contributed by atoms with van der Waals surface area (Å²) in [4.78, 5) is 11.2. The first-order valence-corrected chi connectivity index (χ1v) is 7.78. The van der Waals surface area contributed by atoms with Gasteiger partial charge in [-0.25, -0.2) is 4.98 Å².